The lowest BCUT2D eigenvalue weighted by Gasteiger charge is -2.16. The molecule has 1 aliphatic rings. The lowest BCUT2D eigenvalue weighted by Crippen LogP contribution is -2.35. The molecule has 13 heteroatoms. The summed E-state index contributed by atoms with van der Waals surface area (Å²) in [6.07, 6.45) is 5.05. The molecule has 1 aliphatic heterocycles. The van der Waals surface area contributed by atoms with E-state index in [4.69, 9.17) is 26.1 Å². The topological polar surface area (TPSA) is 139 Å². The van der Waals surface area contributed by atoms with E-state index in [2.05, 4.69) is 31.2 Å². The van der Waals surface area contributed by atoms with Crippen molar-refractivity contribution in [1.29, 1.82) is 0 Å². The first-order valence-electron chi connectivity index (χ1n) is 15.7. The van der Waals surface area contributed by atoms with Gasteiger partial charge in [-0.05, 0) is 50.1 Å². The Morgan fingerprint density at radius 3 is 2.65 bits per heavy atom. The summed E-state index contributed by atoms with van der Waals surface area (Å²) in [5, 5.41) is 12.8. The monoisotopic (exact) mass is 675 g/mol. The number of alkyl halides is 1. The average molecular weight is 676 g/mol. The first-order chi connectivity index (χ1) is 23.3. The van der Waals surface area contributed by atoms with Crippen LogP contribution < -0.4 is 30.7 Å². The number of hydrogen-bond acceptors (Lipinski definition) is 9. The molecule has 4 heterocycles. The molecule has 1 saturated heterocycles. The molecule has 5 rings (SSSR count). The molecule has 4 N–H and O–H groups in total. The van der Waals surface area contributed by atoms with Crippen LogP contribution in [0, 0.1) is 6.92 Å². The Morgan fingerprint density at radius 1 is 1.06 bits per heavy atom. The smallest absolute Gasteiger partial charge is 0.274 e. The molecule has 1 atom stereocenters. The number of rotatable bonds is 15. The fraction of sp³-hybridized carbons (Fsp3) is 0.343. The number of halogens is 2. The molecule has 2 amide bonds. The van der Waals surface area contributed by atoms with E-state index in [-0.39, 0.29) is 24.3 Å². The van der Waals surface area contributed by atoms with Crippen molar-refractivity contribution < 1.29 is 23.5 Å². The molecule has 0 spiro atoms. The number of nitrogens with zero attached hydrogens (tertiary/aromatic N) is 3. The summed E-state index contributed by atoms with van der Waals surface area (Å²) in [4.78, 5) is 38.4. The van der Waals surface area contributed by atoms with Crippen LogP contribution in [0.4, 0.5) is 10.1 Å². The van der Waals surface area contributed by atoms with Crippen LogP contribution in [-0.2, 0) is 17.9 Å². The molecule has 0 unspecified atom stereocenters. The second-order valence-electron chi connectivity index (χ2n) is 11.4. The second kappa shape index (κ2) is 16.4. The Bertz CT molecular complexity index is 1770. The van der Waals surface area contributed by atoms with E-state index in [9.17, 15) is 14.0 Å². The van der Waals surface area contributed by atoms with Gasteiger partial charge in [-0.25, -0.2) is 4.98 Å². The second-order valence-corrected chi connectivity index (χ2v) is 11.7. The molecule has 11 nitrogen and oxygen atoms in total. The Morgan fingerprint density at radius 2 is 1.90 bits per heavy atom. The normalized spacial score (nSPS) is 14.1. The Balaban J connectivity index is 1.32. The third-order valence-corrected chi connectivity index (χ3v) is 8.51. The Kier molecular flexibility index (Phi) is 11.9. The highest BCUT2D eigenvalue weighted by Crippen LogP contribution is 2.38. The fourth-order valence-corrected chi connectivity index (χ4v) is 5.82. The number of ether oxygens (including phenoxy) is 2. The highest BCUT2D eigenvalue weighted by molar-refractivity contribution is 6.35. The van der Waals surface area contributed by atoms with E-state index in [0.29, 0.717) is 78.3 Å². The SMILES string of the molecule is COc1cc(C(=O)Nc2cccc(-c3nccc(-c4ccc(CNC[C@@H]5CCC(=O)N5)c(OC)n4)c3Cl)c2C)ncc1CNCCCF. The van der Waals surface area contributed by atoms with Gasteiger partial charge >= 0.3 is 0 Å². The molecule has 0 aliphatic carbocycles. The molecule has 3 aromatic heterocycles. The minimum absolute atomic E-state index is 0.0859. The highest BCUT2D eigenvalue weighted by Gasteiger charge is 2.21. The van der Waals surface area contributed by atoms with Gasteiger partial charge < -0.3 is 30.7 Å². The zero-order chi connectivity index (χ0) is 34.0. The number of anilines is 1. The number of nitrogens with one attached hydrogen (secondary N) is 4. The van der Waals surface area contributed by atoms with Gasteiger partial charge in [0.2, 0.25) is 11.8 Å². The Labute approximate surface area is 284 Å². The summed E-state index contributed by atoms with van der Waals surface area (Å²) >= 11 is 6.98. The molecular formula is C35H39ClFN7O4. The molecule has 48 heavy (non-hydrogen) atoms. The molecule has 0 radical (unpaired) electrons. The van der Waals surface area contributed by atoms with E-state index >= 15 is 0 Å². The third kappa shape index (κ3) is 8.25. The minimum atomic E-state index is -0.405. The van der Waals surface area contributed by atoms with Crippen LogP contribution in [-0.4, -0.2) is 66.8 Å². The summed E-state index contributed by atoms with van der Waals surface area (Å²) in [5.74, 6) is 0.659. The van der Waals surface area contributed by atoms with E-state index in [1.54, 1.807) is 37.7 Å². The lowest BCUT2D eigenvalue weighted by atomic mass is 10.0. The number of carbonyl (C=O) groups excluding carboxylic acids is 2. The number of hydrogen-bond donors (Lipinski definition) is 4. The van der Waals surface area contributed by atoms with Gasteiger partial charge in [-0.1, -0.05) is 29.8 Å². The van der Waals surface area contributed by atoms with Crippen molar-refractivity contribution in [3.8, 4) is 34.1 Å². The van der Waals surface area contributed by atoms with Gasteiger partial charge in [0.25, 0.3) is 5.91 Å². The number of pyridine rings is 3. The van der Waals surface area contributed by atoms with Gasteiger partial charge in [-0.3, -0.25) is 23.9 Å². The molecular weight excluding hydrogens is 637 g/mol. The average Bonchev–Trinajstić information content (AvgIpc) is 3.52. The van der Waals surface area contributed by atoms with Crippen LogP contribution in [0.3, 0.4) is 0 Å². The largest absolute Gasteiger partial charge is 0.496 e. The van der Waals surface area contributed by atoms with Crippen LogP contribution in [0.2, 0.25) is 5.02 Å². The number of methoxy groups -OCH3 is 2. The molecule has 0 bridgehead atoms. The van der Waals surface area contributed by atoms with Crippen LogP contribution >= 0.6 is 11.6 Å². The number of benzene rings is 1. The van der Waals surface area contributed by atoms with E-state index in [0.717, 1.165) is 28.7 Å². The summed E-state index contributed by atoms with van der Waals surface area (Å²) in [5.41, 5.74) is 5.75. The maximum atomic E-state index is 13.3. The van der Waals surface area contributed by atoms with Crippen LogP contribution in [0.5, 0.6) is 11.6 Å². The van der Waals surface area contributed by atoms with E-state index < -0.39 is 5.91 Å². The Hall–Kier alpha value is -4.65. The maximum absolute atomic E-state index is 13.3. The van der Waals surface area contributed by atoms with E-state index in [1.165, 1.54) is 7.11 Å². The first-order valence-corrected chi connectivity index (χ1v) is 16.1. The standard InChI is InChI=1S/C35H39ClFN7O4/c1-21-25(6-4-7-27(21)43-34(46)29-16-30(47-2)23(19-41-29)18-38-14-5-13-37)33-32(36)26(12-15-40-33)28-10-8-22(35(44-28)48-3)17-39-20-24-9-11-31(45)42-24/h4,6-8,10,12,15-16,19,24,38-39H,5,9,11,13-14,17-18,20H2,1-3H3,(H,42,45)(H,43,46)/t24-/m0/s1. The van der Waals surface area contributed by atoms with Gasteiger partial charge in [-0.2, -0.15) is 0 Å². The molecule has 252 valence electrons. The lowest BCUT2D eigenvalue weighted by molar-refractivity contribution is -0.119. The van der Waals surface area contributed by atoms with Crippen molar-refractivity contribution in [2.24, 2.45) is 0 Å². The van der Waals surface area contributed by atoms with Crippen molar-refractivity contribution in [2.45, 2.75) is 45.3 Å². The van der Waals surface area contributed by atoms with Gasteiger partial charge in [0.05, 0.1) is 37.3 Å². The third-order valence-electron chi connectivity index (χ3n) is 8.12. The zero-order valence-corrected chi connectivity index (χ0v) is 27.9. The molecule has 1 aromatic carbocycles. The van der Waals surface area contributed by atoms with Crippen molar-refractivity contribution in [3.63, 3.8) is 0 Å². The van der Waals surface area contributed by atoms with Crippen molar-refractivity contribution in [3.05, 3.63) is 82.3 Å². The van der Waals surface area contributed by atoms with Crippen LogP contribution in [0.25, 0.3) is 22.5 Å². The quantitative estimate of drug-likeness (QED) is 0.124. The van der Waals surface area contributed by atoms with Crippen LogP contribution in [0.15, 0.2) is 54.9 Å². The number of amides is 2. The summed E-state index contributed by atoms with van der Waals surface area (Å²) in [6, 6.07) is 12.9. The minimum Gasteiger partial charge on any atom is -0.496 e. The molecule has 1 fully saturated rings. The van der Waals surface area contributed by atoms with Gasteiger partial charge in [0.15, 0.2) is 0 Å². The summed E-state index contributed by atoms with van der Waals surface area (Å²) in [6.45, 7) is 3.65. The first kappa shape index (κ1) is 34.7. The predicted molar refractivity (Wildman–Crippen MR) is 183 cm³/mol. The molecule has 4 aromatic rings. The number of carbonyl (C=O) groups is 2. The molecule has 0 saturated carbocycles. The van der Waals surface area contributed by atoms with Crippen molar-refractivity contribution in [2.75, 3.05) is 39.3 Å². The maximum Gasteiger partial charge on any atom is 0.274 e. The number of aromatic nitrogens is 3. The summed E-state index contributed by atoms with van der Waals surface area (Å²) in [7, 11) is 3.10. The fourth-order valence-electron chi connectivity index (χ4n) is 5.51. The summed E-state index contributed by atoms with van der Waals surface area (Å²) < 4.78 is 23.5. The van der Waals surface area contributed by atoms with E-state index in [1.807, 2.05) is 31.2 Å². The van der Waals surface area contributed by atoms with Crippen LogP contribution in [0.1, 0.15) is 46.4 Å². The predicted octanol–water partition coefficient (Wildman–Crippen LogP) is 5.25. The zero-order valence-electron chi connectivity index (χ0n) is 27.2. The van der Waals surface area contributed by atoms with Gasteiger partial charge in [0, 0.05) is 78.5 Å². The van der Waals surface area contributed by atoms with Gasteiger partial charge in [-0.15, -0.1) is 0 Å². The van der Waals surface area contributed by atoms with Crippen molar-refractivity contribution >= 4 is 29.1 Å². The van der Waals surface area contributed by atoms with Gasteiger partial charge in [0.1, 0.15) is 11.4 Å². The highest BCUT2D eigenvalue weighted by atomic mass is 35.5. The van der Waals surface area contributed by atoms with Crippen molar-refractivity contribution in [1.82, 2.24) is 30.9 Å².